The number of ether oxygens (including phenoxy) is 1. The highest BCUT2D eigenvalue weighted by Gasteiger charge is 2.43. The summed E-state index contributed by atoms with van der Waals surface area (Å²) >= 11 is 0. The average molecular weight is 437 g/mol. The molecular formula is C21H28N10O. The number of nitrogens with one attached hydrogen (secondary N) is 1. The van der Waals surface area contributed by atoms with Gasteiger partial charge in [-0.25, -0.2) is 19.9 Å². The van der Waals surface area contributed by atoms with Crippen LogP contribution < -0.4 is 10.2 Å². The second kappa shape index (κ2) is 9.51. The molecule has 3 aromatic rings. The molecule has 1 aliphatic heterocycles. The van der Waals surface area contributed by atoms with E-state index in [1.807, 2.05) is 12.4 Å². The Labute approximate surface area is 186 Å². The third-order valence-electron chi connectivity index (χ3n) is 6.46. The van der Waals surface area contributed by atoms with Crippen LogP contribution in [0.15, 0.2) is 31.1 Å². The van der Waals surface area contributed by atoms with Crippen molar-refractivity contribution in [3.8, 4) is 5.69 Å². The topological polar surface area (TPSA) is 120 Å². The molecule has 0 aromatic carbocycles. The van der Waals surface area contributed by atoms with Crippen molar-refractivity contribution >= 4 is 11.9 Å². The molecule has 2 fully saturated rings. The fraction of sp³-hybridized carbons (Fsp3) is 0.571. The lowest BCUT2D eigenvalue weighted by molar-refractivity contribution is 0.184. The van der Waals surface area contributed by atoms with Crippen LogP contribution in [0.5, 0.6) is 0 Å². The van der Waals surface area contributed by atoms with E-state index in [2.05, 4.69) is 45.7 Å². The lowest BCUT2D eigenvalue weighted by Crippen LogP contribution is -2.35. The van der Waals surface area contributed by atoms with Crippen molar-refractivity contribution in [2.45, 2.75) is 32.3 Å². The second-order valence-corrected chi connectivity index (χ2v) is 8.54. The molecule has 4 heterocycles. The molecule has 32 heavy (non-hydrogen) atoms. The van der Waals surface area contributed by atoms with Crippen molar-refractivity contribution in [3.05, 3.63) is 36.7 Å². The van der Waals surface area contributed by atoms with Gasteiger partial charge in [0.25, 0.3) is 0 Å². The number of anilines is 2. The molecule has 0 radical (unpaired) electrons. The Hall–Kier alpha value is -3.21. The summed E-state index contributed by atoms with van der Waals surface area (Å²) in [5, 5.41) is 14.4. The van der Waals surface area contributed by atoms with E-state index in [0.717, 1.165) is 61.0 Å². The van der Waals surface area contributed by atoms with Crippen LogP contribution in [0.2, 0.25) is 0 Å². The SMILES string of the molecule is COCc1cnc(N2CCC([C@H]3C[C@@H]3CCNc3ncc(-n4cnnn4)cn3)CC2)nc1. The Balaban J connectivity index is 1.02. The zero-order valence-electron chi connectivity index (χ0n) is 18.2. The first-order chi connectivity index (χ1) is 15.8. The summed E-state index contributed by atoms with van der Waals surface area (Å²) < 4.78 is 6.66. The normalized spacial score (nSPS) is 21.0. The van der Waals surface area contributed by atoms with Gasteiger partial charge in [0.05, 0.1) is 19.0 Å². The van der Waals surface area contributed by atoms with Gasteiger partial charge in [0.1, 0.15) is 12.0 Å². The molecule has 1 N–H and O–H groups in total. The largest absolute Gasteiger partial charge is 0.380 e. The molecule has 1 saturated carbocycles. The summed E-state index contributed by atoms with van der Waals surface area (Å²) in [4.78, 5) is 20.0. The number of aromatic nitrogens is 8. The number of hydrogen-bond donors (Lipinski definition) is 1. The number of rotatable bonds is 9. The number of piperidine rings is 1. The minimum absolute atomic E-state index is 0.554. The van der Waals surface area contributed by atoms with Crippen LogP contribution >= 0.6 is 0 Å². The summed E-state index contributed by atoms with van der Waals surface area (Å²) in [6.07, 6.45) is 13.6. The Morgan fingerprint density at radius 3 is 2.53 bits per heavy atom. The highest BCUT2D eigenvalue weighted by Crippen LogP contribution is 2.49. The van der Waals surface area contributed by atoms with E-state index >= 15 is 0 Å². The smallest absolute Gasteiger partial charge is 0.225 e. The van der Waals surface area contributed by atoms with Gasteiger partial charge in [-0.1, -0.05) is 0 Å². The lowest BCUT2D eigenvalue weighted by Gasteiger charge is -2.32. The van der Waals surface area contributed by atoms with Crippen molar-refractivity contribution in [2.75, 3.05) is 37.0 Å². The van der Waals surface area contributed by atoms with Crippen molar-refractivity contribution in [1.29, 1.82) is 0 Å². The van der Waals surface area contributed by atoms with Gasteiger partial charge in [-0.15, -0.1) is 5.10 Å². The number of hydrogen-bond acceptors (Lipinski definition) is 10. The maximum absolute atomic E-state index is 5.13. The van der Waals surface area contributed by atoms with Crippen LogP contribution in [-0.2, 0) is 11.3 Å². The standard InChI is InChI=1S/C21H28N10O/c1-32-13-15-9-25-21(26-10-15)30-6-3-16(4-7-30)19-8-17(19)2-5-22-20-23-11-18(12-24-20)31-14-27-28-29-31/h9-12,14,16-17,19H,2-8,13H2,1H3,(H,22,23,24)/t17-,19+/m0/s1. The Bertz CT molecular complexity index is 971. The van der Waals surface area contributed by atoms with Gasteiger partial charge in [-0.3, -0.25) is 0 Å². The van der Waals surface area contributed by atoms with E-state index in [1.165, 1.54) is 30.3 Å². The predicted octanol–water partition coefficient (Wildman–Crippen LogP) is 1.74. The first-order valence-corrected chi connectivity index (χ1v) is 11.1. The molecule has 11 nitrogen and oxygen atoms in total. The Morgan fingerprint density at radius 1 is 1.06 bits per heavy atom. The minimum Gasteiger partial charge on any atom is -0.380 e. The molecule has 0 spiro atoms. The molecule has 0 amide bonds. The van der Waals surface area contributed by atoms with E-state index in [-0.39, 0.29) is 0 Å². The summed E-state index contributed by atoms with van der Waals surface area (Å²) in [7, 11) is 1.68. The van der Waals surface area contributed by atoms with Crippen LogP contribution in [0, 0.1) is 17.8 Å². The zero-order valence-corrected chi connectivity index (χ0v) is 18.2. The molecular weight excluding hydrogens is 408 g/mol. The van der Waals surface area contributed by atoms with Crippen molar-refractivity contribution in [1.82, 2.24) is 40.1 Å². The fourth-order valence-corrected chi connectivity index (χ4v) is 4.64. The predicted molar refractivity (Wildman–Crippen MR) is 117 cm³/mol. The van der Waals surface area contributed by atoms with E-state index in [4.69, 9.17) is 4.74 Å². The Morgan fingerprint density at radius 2 is 1.84 bits per heavy atom. The molecule has 0 unspecified atom stereocenters. The first kappa shape index (κ1) is 20.7. The lowest BCUT2D eigenvalue weighted by atomic mass is 9.90. The Kier molecular flexibility index (Phi) is 6.15. The molecule has 2 atom stereocenters. The maximum Gasteiger partial charge on any atom is 0.225 e. The van der Waals surface area contributed by atoms with Gasteiger partial charge in [-0.2, -0.15) is 4.68 Å². The molecule has 3 aromatic heterocycles. The van der Waals surface area contributed by atoms with Crippen LogP contribution in [0.3, 0.4) is 0 Å². The van der Waals surface area contributed by atoms with E-state index < -0.39 is 0 Å². The molecule has 1 aliphatic carbocycles. The number of tetrazole rings is 1. The van der Waals surface area contributed by atoms with E-state index in [9.17, 15) is 0 Å². The third-order valence-corrected chi connectivity index (χ3v) is 6.46. The monoisotopic (exact) mass is 436 g/mol. The molecule has 5 rings (SSSR count). The highest BCUT2D eigenvalue weighted by atomic mass is 16.5. The van der Waals surface area contributed by atoms with Gasteiger partial charge in [0, 0.05) is 44.7 Å². The molecule has 11 heteroatoms. The van der Waals surface area contributed by atoms with Gasteiger partial charge in [-0.05, 0) is 53.9 Å². The second-order valence-electron chi connectivity index (χ2n) is 8.54. The molecule has 2 aliphatic rings. The first-order valence-electron chi connectivity index (χ1n) is 11.1. The summed E-state index contributed by atoms with van der Waals surface area (Å²) in [6.45, 7) is 3.53. The minimum atomic E-state index is 0.554. The van der Waals surface area contributed by atoms with Gasteiger partial charge >= 0.3 is 0 Å². The van der Waals surface area contributed by atoms with Crippen molar-refractivity contribution < 1.29 is 4.74 Å². The average Bonchev–Trinajstić information content (AvgIpc) is 3.39. The third kappa shape index (κ3) is 4.82. The molecule has 168 valence electrons. The number of methoxy groups -OCH3 is 1. The zero-order chi connectivity index (χ0) is 21.8. The van der Waals surface area contributed by atoms with Crippen LogP contribution in [0.4, 0.5) is 11.9 Å². The van der Waals surface area contributed by atoms with Crippen LogP contribution in [0.1, 0.15) is 31.2 Å². The summed E-state index contributed by atoms with van der Waals surface area (Å²) in [5.41, 5.74) is 1.75. The molecule has 0 bridgehead atoms. The highest BCUT2D eigenvalue weighted by molar-refractivity contribution is 5.31. The van der Waals surface area contributed by atoms with Gasteiger partial charge in [0.2, 0.25) is 11.9 Å². The maximum atomic E-state index is 5.13. The van der Waals surface area contributed by atoms with Crippen LogP contribution in [-0.4, -0.2) is 66.9 Å². The summed E-state index contributed by atoms with van der Waals surface area (Å²) in [6, 6.07) is 0. The van der Waals surface area contributed by atoms with E-state index in [1.54, 1.807) is 19.5 Å². The number of nitrogens with zero attached hydrogens (tertiary/aromatic N) is 9. The summed E-state index contributed by atoms with van der Waals surface area (Å²) in [5.74, 6) is 3.96. The molecule has 1 saturated heterocycles. The van der Waals surface area contributed by atoms with Crippen molar-refractivity contribution in [3.63, 3.8) is 0 Å². The van der Waals surface area contributed by atoms with Crippen molar-refractivity contribution in [2.24, 2.45) is 17.8 Å². The van der Waals surface area contributed by atoms with E-state index in [0.29, 0.717) is 12.6 Å². The quantitative estimate of drug-likeness (QED) is 0.531. The van der Waals surface area contributed by atoms with Crippen LogP contribution in [0.25, 0.3) is 5.69 Å². The fourth-order valence-electron chi connectivity index (χ4n) is 4.64. The van der Waals surface area contributed by atoms with Gasteiger partial charge < -0.3 is 15.0 Å². The van der Waals surface area contributed by atoms with Gasteiger partial charge in [0.15, 0.2) is 0 Å².